The van der Waals surface area contributed by atoms with Crippen LogP contribution >= 0.6 is 0 Å². The van der Waals surface area contributed by atoms with E-state index in [0.29, 0.717) is 11.6 Å². The van der Waals surface area contributed by atoms with Gasteiger partial charge in [-0.15, -0.1) is 0 Å². The molecule has 0 bridgehead atoms. The Morgan fingerprint density at radius 1 is 1.29 bits per heavy atom. The maximum atomic E-state index is 11.7. The van der Waals surface area contributed by atoms with Crippen LogP contribution in [-0.4, -0.2) is 35.6 Å². The van der Waals surface area contributed by atoms with Gasteiger partial charge in [-0.3, -0.25) is 4.79 Å². The van der Waals surface area contributed by atoms with Crippen molar-refractivity contribution in [1.82, 2.24) is 10.3 Å². The van der Waals surface area contributed by atoms with Crippen LogP contribution in [0.25, 0.3) is 0 Å². The van der Waals surface area contributed by atoms with Crippen molar-refractivity contribution in [2.24, 2.45) is 5.73 Å². The van der Waals surface area contributed by atoms with Gasteiger partial charge in [-0.05, 0) is 51.2 Å². The van der Waals surface area contributed by atoms with Gasteiger partial charge in [0.1, 0.15) is 5.82 Å². The summed E-state index contributed by atoms with van der Waals surface area (Å²) in [6.07, 6.45) is 10.7. The van der Waals surface area contributed by atoms with Crippen molar-refractivity contribution in [2.75, 3.05) is 18.0 Å². The number of nitrogens with two attached hydrogens (primary N) is 1. The summed E-state index contributed by atoms with van der Waals surface area (Å²) in [6, 6.07) is 2.52. The first-order valence-corrected chi connectivity index (χ1v) is 9.26. The summed E-state index contributed by atoms with van der Waals surface area (Å²) in [7, 11) is 0. The number of pyridine rings is 1. The van der Waals surface area contributed by atoms with Crippen LogP contribution in [0.4, 0.5) is 5.82 Å². The Balaban J connectivity index is 1.65. The first kappa shape index (κ1) is 17.2. The van der Waals surface area contributed by atoms with Crippen molar-refractivity contribution in [2.45, 2.75) is 70.4 Å². The molecule has 1 saturated carbocycles. The summed E-state index contributed by atoms with van der Waals surface area (Å²) in [5.74, 6) is 0.350. The smallest absolute Gasteiger partial charge is 0.252 e. The summed E-state index contributed by atoms with van der Waals surface area (Å²) >= 11 is 0. The Labute approximate surface area is 145 Å². The Bertz CT molecular complexity index is 587. The van der Waals surface area contributed by atoms with Gasteiger partial charge in [-0.25, -0.2) is 4.98 Å². The maximum Gasteiger partial charge on any atom is 0.252 e. The van der Waals surface area contributed by atoms with E-state index in [1.807, 2.05) is 19.2 Å². The summed E-state index contributed by atoms with van der Waals surface area (Å²) in [6.45, 7) is 6.10. The lowest BCUT2D eigenvalue weighted by molar-refractivity contribution is 0.1000. The first-order chi connectivity index (χ1) is 11.5. The monoisotopic (exact) mass is 330 g/mol. The molecule has 0 atom stereocenters. The van der Waals surface area contributed by atoms with Crippen LogP contribution in [0.1, 0.15) is 67.8 Å². The number of anilines is 1. The summed E-state index contributed by atoms with van der Waals surface area (Å²) in [5.41, 5.74) is 7.25. The van der Waals surface area contributed by atoms with Gasteiger partial charge >= 0.3 is 0 Å². The number of hydrogen-bond acceptors (Lipinski definition) is 4. The SMILES string of the molecule is Cc1cnc(N2CCC(C)(NC3CCCCC3)CC2)c(C(N)=O)c1. The highest BCUT2D eigenvalue weighted by Crippen LogP contribution is 2.29. The number of piperidine rings is 1. The molecule has 1 aromatic rings. The molecule has 1 aromatic heterocycles. The number of nitrogens with one attached hydrogen (secondary N) is 1. The largest absolute Gasteiger partial charge is 0.365 e. The van der Waals surface area contributed by atoms with E-state index in [4.69, 9.17) is 5.73 Å². The third-order valence-electron chi connectivity index (χ3n) is 5.59. The summed E-state index contributed by atoms with van der Waals surface area (Å²) in [4.78, 5) is 18.5. The average Bonchev–Trinajstić information content (AvgIpc) is 2.56. The molecule has 3 N–H and O–H groups in total. The number of carbonyl (C=O) groups is 1. The number of aryl methyl sites for hydroxylation is 1. The fraction of sp³-hybridized carbons (Fsp3) is 0.684. The highest BCUT2D eigenvalue weighted by molar-refractivity contribution is 5.97. The number of primary amides is 1. The molecule has 1 amide bonds. The van der Waals surface area contributed by atoms with Crippen molar-refractivity contribution in [3.8, 4) is 0 Å². The van der Waals surface area contributed by atoms with E-state index in [2.05, 4.69) is 22.1 Å². The van der Waals surface area contributed by atoms with E-state index < -0.39 is 5.91 Å². The van der Waals surface area contributed by atoms with Gasteiger partial charge in [0.2, 0.25) is 0 Å². The fourth-order valence-electron chi connectivity index (χ4n) is 4.09. The molecular formula is C19H30N4O. The predicted octanol–water partition coefficient (Wildman–Crippen LogP) is 2.77. The van der Waals surface area contributed by atoms with E-state index in [1.54, 1.807) is 0 Å². The molecule has 5 heteroatoms. The quantitative estimate of drug-likeness (QED) is 0.890. The van der Waals surface area contributed by atoms with Crippen LogP contribution in [0.15, 0.2) is 12.3 Å². The highest BCUT2D eigenvalue weighted by Gasteiger charge is 2.33. The standard InChI is InChI=1S/C19H30N4O/c1-14-12-16(17(20)24)18(21-13-14)23-10-8-19(2,9-11-23)22-15-6-4-3-5-7-15/h12-13,15,22H,3-11H2,1-2H3,(H2,20,24). The third-order valence-corrected chi connectivity index (χ3v) is 5.59. The maximum absolute atomic E-state index is 11.7. The second-order valence-electron chi connectivity index (χ2n) is 7.78. The average molecular weight is 330 g/mol. The van der Waals surface area contributed by atoms with Crippen molar-refractivity contribution >= 4 is 11.7 Å². The zero-order valence-corrected chi connectivity index (χ0v) is 15.0. The zero-order valence-electron chi connectivity index (χ0n) is 15.0. The van der Waals surface area contributed by atoms with E-state index >= 15 is 0 Å². The molecule has 1 aliphatic carbocycles. The molecule has 2 aliphatic rings. The van der Waals surface area contributed by atoms with Gasteiger partial charge in [0.15, 0.2) is 0 Å². The number of amides is 1. The normalized spacial score (nSPS) is 21.7. The van der Waals surface area contributed by atoms with Crippen LogP contribution in [0.3, 0.4) is 0 Å². The molecular weight excluding hydrogens is 300 g/mol. The Hall–Kier alpha value is -1.62. The number of aromatic nitrogens is 1. The Morgan fingerprint density at radius 3 is 2.58 bits per heavy atom. The van der Waals surface area contributed by atoms with Crippen molar-refractivity contribution < 1.29 is 4.79 Å². The van der Waals surface area contributed by atoms with Gasteiger partial charge in [-0.2, -0.15) is 0 Å². The molecule has 132 valence electrons. The number of hydrogen-bond donors (Lipinski definition) is 2. The molecule has 1 aliphatic heterocycles. The molecule has 0 spiro atoms. The minimum atomic E-state index is -0.394. The van der Waals surface area contributed by atoms with Crippen molar-refractivity contribution in [3.63, 3.8) is 0 Å². The Morgan fingerprint density at radius 2 is 1.96 bits per heavy atom. The molecule has 3 rings (SSSR count). The number of carbonyl (C=O) groups excluding carboxylic acids is 1. The molecule has 0 radical (unpaired) electrons. The van der Waals surface area contributed by atoms with Crippen molar-refractivity contribution in [3.05, 3.63) is 23.4 Å². The summed E-state index contributed by atoms with van der Waals surface area (Å²) in [5, 5.41) is 3.91. The van der Waals surface area contributed by atoms with Gasteiger partial charge in [0.25, 0.3) is 5.91 Å². The highest BCUT2D eigenvalue weighted by atomic mass is 16.1. The lowest BCUT2D eigenvalue weighted by atomic mass is 9.86. The minimum Gasteiger partial charge on any atom is -0.365 e. The van der Waals surface area contributed by atoms with Gasteiger partial charge in [0.05, 0.1) is 5.56 Å². The Kier molecular flexibility index (Phi) is 5.09. The number of nitrogens with zero attached hydrogens (tertiary/aromatic N) is 2. The van der Waals surface area contributed by atoms with Crippen LogP contribution in [0.2, 0.25) is 0 Å². The third kappa shape index (κ3) is 3.89. The molecule has 5 nitrogen and oxygen atoms in total. The molecule has 0 aromatic carbocycles. The lowest BCUT2D eigenvalue weighted by Crippen LogP contribution is -2.55. The van der Waals surface area contributed by atoms with E-state index in [1.165, 1.54) is 32.1 Å². The second-order valence-corrected chi connectivity index (χ2v) is 7.78. The van der Waals surface area contributed by atoms with Gasteiger partial charge < -0.3 is 16.0 Å². The first-order valence-electron chi connectivity index (χ1n) is 9.26. The van der Waals surface area contributed by atoms with Gasteiger partial charge in [0, 0.05) is 30.9 Å². The topological polar surface area (TPSA) is 71.2 Å². The lowest BCUT2D eigenvalue weighted by Gasteiger charge is -2.43. The predicted molar refractivity (Wildman–Crippen MR) is 97.4 cm³/mol. The minimum absolute atomic E-state index is 0.191. The molecule has 24 heavy (non-hydrogen) atoms. The van der Waals surface area contributed by atoms with E-state index in [9.17, 15) is 4.79 Å². The molecule has 1 saturated heterocycles. The fourth-order valence-corrected chi connectivity index (χ4v) is 4.09. The van der Waals surface area contributed by atoms with Crippen LogP contribution in [0, 0.1) is 6.92 Å². The van der Waals surface area contributed by atoms with Crippen LogP contribution < -0.4 is 16.0 Å². The molecule has 2 heterocycles. The van der Waals surface area contributed by atoms with Crippen LogP contribution in [0.5, 0.6) is 0 Å². The second kappa shape index (κ2) is 7.09. The van der Waals surface area contributed by atoms with E-state index in [-0.39, 0.29) is 5.54 Å². The van der Waals surface area contributed by atoms with E-state index in [0.717, 1.165) is 37.3 Å². The molecule has 0 unspecified atom stereocenters. The van der Waals surface area contributed by atoms with Crippen LogP contribution in [-0.2, 0) is 0 Å². The van der Waals surface area contributed by atoms with Crippen molar-refractivity contribution in [1.29, 1.82) is 0 Å². The summed E-state index contributed by atoms with van der Waals surface area (Å²) < 4.78 is 0. The van der Waals surface area contributed by atoms with Gasteiger partial charge in [-0.1, -0.05) is 19.3 Å². The molecule has 2 fully saturated rings. The zero-order chi connectivity index (χ0) is 17.2. The number of rotatable bonds is 4.